The largest absolute Gasteiger partial charge is 0.382 e. The Bertz CT molecular complexity index is 1630. The van der Waals surface area contributed by atoms with Gasteiger partial charge in [0.15, 0.2) is 0 Å². The van der Waals surface area contributed by atoms with Gasteiger partial charge in [0.1, 0.15) is 40.0 Å². The maximum Gasteiger partial charge on any atom is 0.256 e. The highest BCUT2D eigenvalue weighted by Gasteiger charge is 2.56. The van der Waals surface area contributed by atoms with Crippen LogP contribution < -0.4 is 11.1 Å². The SMILES string of the molecule is COC/C=C/C(=O)N1C2CCC1(c1nc(-c3ccc(C(=O)Nc4ccccn4)cc3F)c3c(N)nccn13)CC2. The van der Waals surface area contributed by atoms with Gasteiger partial charge in [0, 0.05) is 48.9 Å². The minimum absolute atomic E-state index is 0.100. The lowest BCUT2D eigenvalue weighted by Gasteiger charge is -2.33. The number of hydrogen-bond donors (Lipinski definition) is 2. The summed E-state index contributed by atoms with van der Waals surface area (Å²) in [5.41, 5.74) is 6.73. The zero-order valence-corrected chi connectivity index (χ0v) is 21.9. The summed E-state index contributed by atoms with van der Waals surface area (Å²) in [6.07, 6.45) is 11.3. The van der Waals surface area contributed by atoms with Gasteiger partial charge in [-0.25, -0.2) is 19.3 Å². The number of benzene rings is 1. The van der Waals surface area contributed by atoms with Crippen LogP contribution in [-0.4, -0.2) is 55.8 Å². The number of ether oxygens (including phenoxy) is 1. The highest BCUT2D eigenvalue weighted by molar-refractivity contribution is 6.04. The molecule has 0 spiro atoms. The van der Waals surface area contributed by atoms with Gasteiger partial charge in [-0.15, -0.1) is 0 Å². The molecule has 5 heterocycles. The van der Waals surface area contributed by atoms with Crippen molar-refractivity contribution in [3.63, 3.8) is 0 Å². The van der Waals surface area contributed by atoms with E-state index in [1.165, 1.54) is 18.2 Å². The molecule has 11 heteroatoms. The fraction of sp³-hybridized carbons (Fsp3) is 0.276. The Morgan fingerprint density at radius 1 is 1.20 bits per heavy atom. The average molecular weight is 542 g/mol. The maximum atomic E-state index is 15.7. The third-order valence-electron chi connectivity index (χ3n) is 7.76. The molecule has 2 fully saturated rings. The molecular weight excluding hydrogens is 513 g/mol. The lowest BCUT2D eigenvalue weighted by Crippen LogP contribution is -2.43. The third-order valence-corrected chi connectivity index (χ3v) is 7.76. The van der Waals surface area contributed by atoms with E-state index in [0.717, 1.165) is 25.7 Å². The van der Waals surface area contributed by atoms with Crippen LogP contribution >= 0.6 is 0 Å². The van der Waals surface area contributed by atoms with Gasteiger partial charge in [-0.1, -0.05) is 12.1 Å². The third kappa shape index (κ3) is 4.19. The molecule has 0 radical (unpaired) electrons. The van der Waals surface area contributed by atoms with Crippen LogP contribution in [-0.2, 0) is 15.1 Å². The molecule has 0 atom stereocenters. The molecule has 2 saturated heterocycles. The molecule has 0 unspecified atom stereocenters. The number of halogens is 1. The molecule has 10 nitrogen and oxygen atoms in total. The maximum absolute atomic E-state index is 15.7. The lowest BCUT2D eigenvalue weighted by atomic mass is 9.87. The summed E-state index contributed by atoms with van der Waals surface area (Å²) in [5.74, 6) is -0.0504. The number of nitrogens with one attached hydrogen (secondary N) is 1. The molecular formula is C29H28FN7O3. The standard InChI is InChI=1S/C29H28FN7O3/c1-40-16-4-6-23(38)37-19-9-11-29(37,12-10-19)28-35-24(25-26(31)33-14-15-36(25)28)20-8-7-18(17-21(20)30)27(39)34-22-5-2-3-13-32-22/h2-8,13-15,17,19H,9-12,16H2,1H3,(H2,31,33)(H,32,34,39)/b6-4+. The summed E-state index contributed by atoms with van der Waals surface area (Å²) in [6, 6.07) is 9.44. The topological polar surface area (TPSA) is 128 Å². The van der Waals surface area contributed by atoms with E-state index in [1.807, 2.05) is 9.30 Å². The van der Waals surface area contributed by atoms with Crippen molar-refractivity contribution in [2.24, 2.45) is 0 Å². The fourth-order valence-corrected chi connectivity index (χ4v) is 6.03. The first-order chi connectivity index (χ1) is 19.4. The summed E-state index contributed by atoms with van der Waals surface area (Å²) in [4.78, 5) is 41.2. The van der Waals surface area contributed by atoms with Crippen LogP contribution in [0, 0.1) is 5.82 Å². The summed E-state index contributed by atoms with van der Waals surface area (Å²) < 4.78 is 22.5. The second kappa shape index (κ2) is 10.2. The molecule has 0 aliphatic carbocycles. The van der Waals surface area contributed by atoms with E-state index < -0.39 is 17.3 Å². The van der Waals surface area contributed by atoms with E-state index in [4.69, 9.17) is 15.5 Å². The molecule has 0 saturated carbocycles. The summed E-state index contributed by atoms with van der Waals surface area (Å²) in [5, 5.41) is 2.66. The Kier molecular flexibility index (Phi) is 6.51. The van der Waals surface area contributed by atoms with Gasteiger partial charge in [0.2, 0.25) is 5.91 Å². The van der Waals surface area contributed by atoms with Crippen molar-refractivity contribution in [2.75, 3.05) is 24.8 Å². The zero-order chi connectivity index (χ0) is 27.9. The number of imidazole rings is 1. The van der Waals surface area contributed by atoms with E-state index >= 15 is 4.39 Å². The number of pyridine rings is 1. The van der Waals surface area contributed by atoms with Crippen molar-refractivity contribution >= 4 is 29.0 Å². The number of carbonyl (C=O) groups excluding carboxylic acids is 2. The Labute approximate surface area is 229 Å². The summed E-state index contributed by atoms with van der Waals surface area (Å²) in [7, 11) is 1.57. The van der Waals surface area contributed by atoms with Crippen LogP contribution in [0.3, 0.4) is 0 Å². The quantitative estimate of drug-likeness (QED) is 0.339. The molecule has 2 aliphatic rings. The first-order valence-corrected chi connectivity index (χ1v) is 13.1. The van der Waals surface area contributed by atoms with E-state index in [1.54, 1.807) is 56.1 Å². The molecule has 2 bridgehead atoms. The van der Waals surface area contributed by atoms with Gasteiger partial charge in [-0.05, 0) is 56.0 Å². The number of aromatic nitrogens is 4. The number of nitrogen functional groups attached to an aromatic ring is 1. The van der Waals surface area contributed by atoms with Gasteiger partial charge in [-0.2, -0.15) is 0 Å². The van der Waals surface area contributed by atoms with Crippen molar-refractivity contribution in [2.45, 2.75) is 37.3 Å². The number of methoxy groups -OCH3 is 1. The highest BCUT2D eigenvalue weighted by atomic mass is 19.1. The molecule has 2 amide bonds. The molecule has 6 rings (SSSR count). The molecule has 1 aromatic carbocycles. The van der Waals surface area contributed by atoms with Gasteiger partial charge in [0.25, 0.3) is 5.91 Å². The Morgan fingerprint density at radius 3 is 2.75 bits per heavy atom. The molecule has 2 aliphatic heterocycles. The predicted molar refractivity (Wildman–Crippen MR) is 147 cm³/mol. The first kappa shape index (κ1) is 25.6. The van der Waals surface area contributed by atoms with Crippen molar-refractivity contribution in [3.8, 4) is 11.3 Å². The van der Waals surface area contributed by atoms with Crippen LogP contribution in [0.5, 0.6) is 0 Å². The number of rotatable bonds is 7. The molecule has 3 aromatic heterocycles. The van der Waals surface area contributed by atoms with E-state index in [-0.39, 0.29) is 28.9 Å². The smallest absolute Gasteiger partial charge is 0.256 e. The zero-order valence-electron chi connectivity index (χ0n) is 21.9. The predicted octanol–water partition coefficient (Wildman–Crippen LogP) is 3.95. The number of amides is 2. The Hall–Kier alpha value is -4.64. The van der Waals surface area contributed by atoms with Gasteiger partial charge < -0.3 is 20.7 Å². The fourth-order valence-electron chi connectivity index (χ4n) is 6.03. The molecule has 40 heavy (non-hydrogen) atoms. The van der Waals surface area contributed by atoms with Crippen LogP contribution in [0.4, 0.5) is 16.0 Å². The second-order valence-corrected chi connectivity index (χ2v) is 10.0. The number of carbonyl (C=O) groups is 2. The van der Waals surface area contributed by atoms with Crippen molar-refractivity contribution in [1.29, 1.82) is 0 Å². The van der Waals surface area contributed by atoms with E-state index in [2.05, 4.69) is 15.3 Å². The summed E-state index contributed by atoms with van der Waals surface area (Å²) >= 11 is 0. The van der Waals surface area contributed by atoms with Crippen LogP contribution in [0.2, 0.25) is 0 Å². The van der Waals surface area contributed by atoms with Crippen LogP contribution in [0.25, 0.3) is 16.8 Å². The minimum atomic E-state index is -0.660. The monoisotopic (exact) mass is 541 g/mol. The van der Waals surface area contributed by atoms with E-state index in [0.29, 0.717) is 29.5 Å². The number of anilines is 2. The number of hydrogen-bond acceptors (Lipinski definition) is 7. The number of fused-ring (bicyclic) bond motifs is 3. The van der Waals surface area contributed by atoms with Crippen LogP contribution in [0.15, 0.2) is 67.1 Å². The Balaban J connectivity index is 1.41. The van der Waals surface area contributed by atoms with Crippen molar-refractivity contribution < 1.29 is 18.7 Å². The normalized spacial score (nSPS) is 20.1. The van der Waals surface area contributed by atoms with Gasteiger partial charge in [0.05, 0.1) is 6.61 Å². The molecule has 3 N–H and O–H groups in total. The van der Waals surface area contributed by atoms with Crippen molar-refractivity contribution in [3.05, 3.63) is 84.3 Å². The Morgan fingerprint density at radius 2 is 2.02 bits per heavy atom. The van der Waals surface area contributed by atoms with Crippen molar-refractivity contribution in [1.82, 2.24) is 24.3 Å². The van der Waals surface area contributed by atoms with Gasteiger partial charge >= 0.3 is 0 Å². The molecule has 4 aromatic rings. The number of nitrogens with two attached hydrogens (primary N) is 1. The molecule has 204 valence electrons. The number of nitrogens with zero attached hydrogens (tertiary/aromatic N) is 5. The van der Waals surface area contributed by atoms with Crippen LogP contribution in [0.1, 0.15) is 41.9 Å². The van der Waals surface area contributed by atoms with Gasteiger partial charge in [-0.3, -0.25) is 14.0 Å². The summed E-state index contributed by atoms with van der Waals surface area (Å²) in [6.45, 7) is 0.338. The first-order valence-electron chi connectivity index (χ1n) is 13.1. The minimum Gasteiger partial charge on any atom is -0.382 e. The van der Waals surface area contributed by atoms with E-state index in [9.17, 15) is 9.59 Å². The highest BCUT2D eigenvalue weighted by Crippen LogP contribution is 2.53. The lowest BCUT2D eigenvalue weighted by molar-refractivity contribution is -0.130. The second-order valence-electron chi connectivity index (χ2n) is 10.0. The average Bonchev–Trinajstić information content (AvgIpc) is 3.64.